The van der Waals surface area contributed by atoms with Crippen molar-refractivity contribution in [3.8, 4) is 23.0 Å². The molecule has 4 rings (SSSR count). The number of fused-ring (bicyclic) bond motifs is 2. The van der Waals surface area contributed by atoms with Gasteiger partial charge >= 0.3 is 0 Å². The van der Waals surface area contributed by atoms with E-state index in [4.69, 9.17) is 18.9 Å². The number of para-hydroxylation sites is 2. The molecule has 0 fully saturated rings. The highest BCUT2D eigenvalue weighted by Crippen LogP contribution is 2.40. The predicted molar refractivity (Wildman–Crippen MR) is 99.7 cm³/mol. The van der Waals surface area contributed by atoms with Crippen LogP contribution in [-0.2, 0) is 11.2 Å². The van der Waals surface area contributed by atoms with Gasteiger partial charge < -0.3 is 23.8 Å². The Labute approximate surface area is 158 Å². The fraction of sp³-hybridized carbons (Fsp3) is 0.381. The minimum Gasteiger partial charge on any atom is -0.497 e. The average molecular weight is 369 g/mol. The summed E-state index contributed by atoms with van der Waals surface area (Å²) in [5.41, 5.74) is 2.17. The van der Waals surface area contributed by atoms with Crippen molar-refractivity contribution >= 4 is 5.91 Å². The minimum atomic E-state index is -0.645. The first-order valence-electron chi connectivity index (χ1n) is 9.06. The standard InChI is InChI=1S/C21H23NO5/c1-13-20-14(10-15(24-2)11-18(20)25-3)8-9-22(13)21(23)19-12-26-16-6-4-5-7-17(16)27-19/h4-7,10-11,13,19H,8-9,12H2,1-3H3. The quantitative estimate of drug-likeness (QED) is 0.833. The summed E-state index contributed by atoms with van der Waals surface area (Å²) in [5, 5.41) is 0. The Morgan fingerprint density at radius 2 is 1.93 bits per heavy atom. The highest BCUT2D eigenvalue weighted by molar-refractivity contribution is 5.83. The van der Waals surface area contributed by atoms with Crippen LogP contribution in [0.2, 0.25) is 0 Å². The van der Waals surface area contributed by atoms with Gasteiger partial charge in [-0.25, -0.2) is 0 Å². The van der Waals surface area contributed by atoms with Crippen LogP contribution in [0.3, 0.4) is 0 Å². The van der Waals surface area contributed by atoms with E-state index in [9.17, 15) is 4.79 Å². The maximum atomic E-state index is 13.2. The number of amides is 1. The van der Waals surface area contributed by atoms with Gasteiger partial charge in [0.25, 0.3) is 5.91 Å². The zero-order valence-corrected chi connectivity index (χ0v) is 15.7. The first-order valence-corrected chi connectivity index (χ1v) is 9.06. The Morgan fingerprint density at radius 1 is 1.15 bits per heavy atom. The number of nitrogens with zero attached hydrogens (tertiary/aromatic N) is 1. The third-order valence-corrected chi connectivity index (χ3v) is 5.23. The molecule has 1 amide bonds. The Morgan fingerprint density at radius 3 is 2.67 bits per heavy atom. The number of hydrogen-bond donors (Lipinski definition) is 0. The fourth-order valence-corrected chi connectivity index (χ4v) is 3.84. The van der Waals surface area contributed by atoms with Gasteiger partial charge in [0.05, 0.1) is 20.3 Å². The Bertz CT molecular complexity index is 848. The van der Waals surface area contributed by atoms with Crippen molar-refractivity contribution in [1.82, 2.24) is 4.90 Å². The Kier molecular flexibility index (Phi) is 4.56. The number of ether oxygens (including phenoxy) is 4. The van der Waals surface area contributed by atoms with Crippen LogP contribution in [0.15, 0.2) is 36.4 Å². The molecule has 142 valence electrons. The second kappa shape index (κ2) is 7.02. The molecule has 2 aromatic carbocycles. The second-order valence-electron chi connectivity index (χ2n) is 6.72. The Hall–Kier alpha value is -2.89. The molecule has 0 aromatic heterocycles. The van der Waals surface area contributed by atoms with Crippen molar-refractivity contribution in [2.24, 2.45) is 0 Å². The van der Waals surface area contributed by atoms with E-state index in [0.717, 1.165) is 29.0 Å². The van der Waals surface area contributed by atoms with Crippen molar-refractivity contribution in [2.75, 3.05) is 27.4 Å². The van der Waals surface area contributed by atoms with E-state index in [1.54, 1.807) is 14.2 Å². The molecule has 2 aliphatic heterocycles. The number of carbonyl (C=O) groups is 1. The smallest absolute Gasteiger partial charge is 0.267 e. The molecule has 2 heterocycles. The van der Waals surface area contributed by atoms with E-state index in [-0.39, 0.29) is 18.6 Å². The number of rotatable bonds is 3. The first-order chi connectivity index (χ1) is 13.1. The van der Waals surface area contributed by atoms with Crippen LogP contribution in [0.25, 0.3) is 0 Å². The van der Waals surface area contributed by atoms with E-state index in [1.807, 2.05) is 48.2 Å². The normalized spacial score (nSPS) is 20.6. The zero-order chi connectivity index (χ0) is 19.0. The highest BCUT2D eigenvalue weighted by atomic mass is 16.6. The van der Waals surface area contributed by atoms with Crippen LogP contribution in [0, 0.1) is 0 Å². The molecule has 2 atom stereocenters. The molecular weight excluding hydrogens is 346 g/mol. The van der Waals surface area contributed by atoms with Crippen molar-refractivity contribution in [1.29, 1.82) is 0 Å². The van der Waals surface area contributed by atoms with Gasteiger partial charge in [0.15, 0.2) is 11.5 Å². The van der Waals surface area contributed by atoms with Gasteiger partial charge in [0, 0.05) is 18.2 Å². The summed E-state index contributed by atoms with van der Waals surface area (Å²) in [4.78, 5) is 15.0. The molecule has 6 heteroatoms. The van der Waals surface area contributed by atoms with Crippen molar-refractivity contribution in [2.45, 2.75) is 25.5 Å². The molecule has 0 N–H and O–H groups in total. The van der Waals surface area contributed by atoms with Crippen LogP contribution in [0.5, 0.6) is 23.0 Å². The maximum Gasteiger partial charge on any atom is 0.267 e. The molecule has 0 saturated heterocycles. The van der Waals surface area contributed by atoms with E-state index < -0.39 is 6.10 Å². The topological polar surface area (TPSA) is 57.2 Å². The number of methoxy groups -OCH3 is 2. The summed E-state index contributed by atoms with van der Waals surface area (Å²) in [6, 6.07) is 11.2. The van der Waals surface area contributed by atoms with E-state index in [2.05, 4.69) is 0 Å². The van der Waals surface area contributed by atoms with Gasteiger partial charge in [-0.1, -0.05) is 12.1 Å². The summed E-state index contributed by atoms with van der Waals surface area (Å²) < 4.78 is 22.6. The first kappa shape index (κ1) is 17.5. The molecule has 2 aliphatic rings. The SMILES string of the molecule is COc1cc2c(c(OC)c1)C(C)N(C(=O)C1COc3ccccc3O1)CC2. The van der Waals surface area contributed by atoms with Crippen LogP contribution in [-0.4, -0.2) is 44.3 Å². The van der Waals surface area contributed by atoms with Gasteiger partial charge in [-0.3, -0.25) is 4.79 Å². The molecule has 2 unspecified atom stereocenters. The van der Waals surface area contributed by atoms with Gasteiger partial charge in [-0.05, 0) is 37.1 Å². The van der Waals surface area contributed by atoms with Crippen LogP contribution in [0.4, 0.5) is 0 Å². The molecule has 0 saturated carbocycles. The molecule has 6 nitrogen and oxygen atoms in total. The number of carbonyl (C=O) groups excluding carboxylic acids is 1. The summed E-state index contributed by atoms with van der Waals surface area (Å²) in [5.74, 6) is 2.71. The molecule has 2 aromatic rings. The maximum absolute atomic E-state index is 13.2. The molecule has 27 heavy (non-hydrogen) atoms. The van der Waals surface area contributed by atoms with Gasteiger partial charge in [-0.2, -0.15) is 0 Å². The van der Waals surface area contributed by atoms with Gasteiger partial charge in [-0.15, -0.1) is 0 Å². The largest absolute Gasteiger partial charge is 0.497 e. The van der Waals surface area contributed by atoms with Crippen LogP contribution >= 0.6 is 0 Å². The van der Waals surface area contributed by atoms with Crippen molar-refractivity contribution in [3.63, 3.8) is 0 Å². The van der Waals surface area contributed by atoms with Gasteiger partial charge in [0.2, 0.25) is 6.10 Å². The number of hydrogen-bond acceptors (Lipinski definition) is 5. The van der Waals surface area contributed by atoms with Crippen molar-refractivity contribution < 1.29 is 23.7 Å². The molecule has 0 bridgehead atoms. The molecule has 0 radical (unpaired) electrons. The fourth-order valence-electron chi connectivity index (χ4n) is 3.84. The highest BCUT2D eigenvalue weighted by Gasteiger charge is 2.37. The van der Waals surface area contributed by atoms with Crippen LogP contribution in [0.1, 0.15) is 24.1 Å². The van der Waals surface area contributed by atoms with E-state index in [0.29, 0.717) is 18.0 Å². The van der Waals surface area contributed by atoms with E-state index in [1.165, 1.54) is 0 Å². The van der Waals surface area contributed by atoms with Crippen LogP contribution < -0.4 is 18.9 Å². The molecule has 0 spiro atoms. The summed E-state index contributed by atoms with van der Waals surface area (Å²) >= 11 is 0. The summed E-state index contributed by atoms with van der Waals surface area (Å²) in [7, 11) is 3.28. The van der Waals surface area contributed by atoms with E-state index >= 15 is 0 Å². The zero-order valence-electron chi connectivity index (χ0n) is 15.7. The lowest BCUT2D eigenvalue weighted by molar-refractivity contribution is -0.143. The summed E-state index contributed by atoms with van der Waals surface area (Å²) in [6.45, 7) is 2.85. The molecular formula is C21H23NO5. The molecule has 0 aliphatic carbocycles. The third kappa shape index (κ3) is 3.05. The second-order valence-corrected chi connectivity index (χ2v) is 6.72. The van der Waals surface area contributed by atoms with Crippen molar-refractivity contribution in [3.05, 3.63) is 47.5 Å². The lowest BCUT2D eigenvalue weighted by Crippen LogP contribution is -2.49. The minimum absolute atomic E-state index is 0.0690. The average Bonchev–Trinajstić information content (AvgIpc) is 2.72. The lowest BCUT2D eigenvalue weighted by atomic mass is 9.91. The number of benzene rings is 2. The predicted octanol–water partition coefficient (Wildman–Crippen LogP) is 2.99. The lowest BCUT2D eigenvalue weighted by Gasteiger charge is -2.38. The van der Waals surface area contributed by atoms with Gasteiger partial charge in [0.1, 0.15) is 18.1 Å². The summed E-state index contributed by atoms with van der Waals surface area (Å²) in [6.07, 6.45) is 0.0940. The Balaban J connectivity index is 1.59. The third-order valence-electron chi connectivity index (χ3n) is 5.23. The monoisotopic (exact) mass is 369 g/mol.